The van der Waals surface area contributed by atoms with Crippen molar-refractivity contribution in [3.8, 4) is 0 Å². The van der Waals surface area contributed by atoms with Crippen molar-refractivity contribution < 1.29 is 9.72 Å². The highest BCUT2D eigenvalue weighted by Crippen LogP contribution is 2.22. The molecular weight excluding hydrogens is 337 g/mol. The maximum Gasteiger partial charge on any atom is 0.270 e. The van der Waals surface area contributed by atoms with Gasteiger partial charge in [0.1, 0.15) is 0 Å². The zero-order chi connectivity index (χ0) is 13.7. The van der Waals surface area contributed by atoms with E-state index in [1.54, 1.807) is 7.05 Å². The summed E-state index contributed by atoms with van der Waals surface area (Å²) in [6.45, 7) is 2.42. The number of nitro groups is 1. The Hall–Kier alpha value is -1.18. The molecule has 0 fully saturated rings. The average molecular weight is 353 g/mol. The fourth-order valence-corrected chi connectivity index (χ4v) is 1.79. The van der Waals surface area contributed by atoms with E-state index in [0.717, 1.165) is 0 Å². The maximum absolute atomic E-state index is 11.8. The third-order valence-corrected chi connectivity index (χ3v) is 3.13. The van der Waals surface area contributed by atoms with E-state index in [1.165, 1.54) is 18.2 Å². The van der Waals surface area contributed by atoms with Gasteiger partial charge in [-0.2, -0.15) is 0 Å². The Kier molecular flexibility index (Phi) is 7.58. The summed E-state index contributed by atoms with van der Waals surface area (Å²) in [7, 11) is 1.80. The first-order chi connectivity index (χ1) is 8.45. The molecule has 0 aliphatic heterocycles. The first-order valence-corrected chi connectivity index (χ1v) is 6.14. The molecule has 0 radical (unpaired) electrons. The predicted octanol–water partition coefficient (Wildman–Crippen LogP) is 2.12. The van der Waals surface area contributed by atoms with Crippen molar-refractivity contribution in [2.24, 2.45) is 0 Å². The van der Waals surface area contributed by atoms with Gasteiger partial charge in [-0.1, -0.05) is 0 Å². The maximum atomic E-state index is 11.8. The minimum absolute atomic E-state index is 0. The van der Waals surface area contributed by atoms with Crippen molar-refractivity contribution in [1.29, 1.82) is 0 Å². The second kappa shape index (κ2) is 8.08. The molecule has 0 saturated carbocycles. The van der Waals surface area contributed by atoms with E-state index in [-0.39, 0.29) is 30.0 Å². The summed E-state index contributed by atoms with van der Waals surface area (Å²) in [4.78, 5) is 21.9. The van der Waals surface area contributed by atoms with Gasteiger partial charge in [-0.25, -0.2) is 0 Å². The Labute approximate surface area is 125 Å². The molecule has 8 heteroatoms. The summed E-state index contributed by atoms with van der Waals surface area (Å²) >= 11 is 3.16. The zero-order valence-corrected chi connectivity index (χ0v) is 12.9. The molecule has 1 unspecified atom stereocenters. The number of non-ortho nitro benzene ring substituents is 1. The molecule has 19 heavy (non-hydrogen) atoms. The Morgan fingerprint density at radius 2 is 2.16 bits per heavy atom. The number of nitro benzene ring substituents is 1. The van der Waals surface area contributed by atoms with E-state index in [2.05, 4.69) is 26.6 Å². The number of hydrogen-bond donors (Lipinski definition) is 2. The smallest absolute Gasteiger partial charge is 0.270 e. The van der Waals surface area contributed by atoms with Crippen LogP contribution in [0.3, 0.4) is 0 Å². The van der Waals surface area contributed by atoms with Crippen LogP contribution in [-0.4, -0.2) is 30.5 Å². The van der Waals surface area contributed by atoms with Gasteiger partial charge >= 0.3 is 0 Å². The van der Waals surface area contributed by atoms with Crippen molar-refractivity contribution in [2.75, 3.05) is 13.6 Å². The quantitative estimate of drug-likeness (QED) is 0.628. The highest BCUT2D eigenvalue weighted by atomic mass is 79.9. The second-order valence-corrected chi connectivity index (χ2v) is 4.68. The minimum Gasteiger partial charge on any atom is -0.350 e. The molecule has 6 nitrogen and oxygen atoms in total. The molecule has 1 aromatic rings. The number of nitrogens with zero attached hydrogens (tertiary/aromatic N) is 1. The number of amides is 1. The number of likely N-dealkylation sites (N-methyl/N-ethyl adjacent to an activating group) is 1. The minimum atomic E-state index is -0.504. The van der Waals surface area contributed by atoms with Gasteiger partial charge in [0.2, 0.25) is 0 Å². The highest BCUT2D eigenvalue weighted by Gasteiger charge is 2.14. The Morgan fingerprint density at radius 3 is 2.63 bits per heavy atom. The molecular formula is C11H15BrClN3O3. The van der Waals surface area contributed by atoms with E-state index in [9.17, 15) is 14.9 Å². The average Bonchev–Trinajstić information content (AvgIpc) is 2.35. The number of rotatable bonds is 5. The van der Waals surface area contributed by atoms with Gasteiger partial charge in [0.05, 0.1) is 10.5 Å². The predicted molar refractivity (Wildman–Crippen MR) is 78.9 cm³/mol. The van der Waals surface area contributed by atoms with Crippen molar-refractivity contribution in [3.63, 3.8) is 0 Å². The van der Waals surface area contributed by atoms with Gasteiger partial charge in [-0.05, 0) is 36.0 Å². The summed E-state index contributed by atoms with van der Waals surface area (Å²) in [5.41, 5.74) is 0.325. The van der Waals surface area contributed by atoms with Crippen LogP contribution in [0.15, 0.2) is 22.7 Å². The lowest BCUT2D eigenvalue weighted by molar-refractivity contribution is -0.384. The molecule has 1 amide bonds. The van der Waals surface area contributed by atoms with Crippen LogP contribution in [0.1, 0.15) is 17.3 Å². The topological polar surface area (TPSA) is 84.3 Å². The first-order valence-electron chi connectivity index (χ1n) is 5.35. The van der Waals surface area contributed by atoms with Crippen LogP contribution >= 0.6 is 28.3 Å². The van der Waals surface area contributed by atoms with E-state index in [1.807, 2.05) is 6.92 Å². The van der Waals surface area contributed by atoms with E-state index < -0.39 is 4.92 Å². The lowest BCUT2D eigenvalue weighted by atomic mass is 10.2. The van der Waals surface area contributed by atoms with Gasteiger partial charge in [-0.15, -0.1) is 12.4 Å². The van der Waals surface area contributed by atoms with Crippen LogP contribution in [0.2, 0.25) is 0 Å². The molecule has 0 saturated heterocycles. The lowest BCUT2D eigenvalue weighted by Gasteiger charge is -2.11. The SMILES string of the molecule is CNC(C)CNC(=O)c1ccc([N+](=O)[O-])cc1Br.Cl. The van der Waals surface area contributed by atoms with Crippen molar-refractivity contribution in [1.82, 2.24) is 10.6 Å². The van der Waals surface area contributed by atoms with Crippen LogP contribution in [0, 0.1) is 10.1 Å². The summed E-state index contributed by atoms with van der Waals surface area (Å²) in [6, 6.07) is 4.21. The van der Waals surface area contributed by atoms with Crippen molar-refractivity contribution >= 4 is 39.9 Å². The number of carbonyl (C=O) groups is 1. The number of benzene rings is 1. The Balaban J connectivity index is 0.00000324. The van der Waals surface area contributed by atoms with E-state index in [4.69, 9.17) is 0 Å². The summed E-state index contributed by atoms with van der Waals surface area (Å²) in [5.74, 6) is -0.265. The normalized spacial score (nSPS) is 11.3. The van der Waals surface area contributed by atoms with Crippen LogP contribution in [-0.2, 0) is 0 Å². The van der Waals surface area contributed by atoms with Gasteiger partial charge < -0.3 is 10.6 Å². The van der Waals surface area contributed by atoms with E-state index >= 15 is 0 Å². The van der Waals surface area contributed by atoms with Gasteiger partial charge in [-0.3, -0.25) is 14.9 Å². The van der Waals surface area contributed by atoms with Gasteiger partial charge in [0.25, 0.3) is 11.6 Å². The highest BCUT2D eigenvalue weighted by molar-refractivity contribution is 9.10. The third kappa shape index (κ3) is 5.14. The third-order valence-electron chi connectivity index (χ3n) is 2.47. The molecule has 1 aromatic carbocycles. The van der Waals surface area contributed by atoms with Crippen molar-refractivity contribution in [3.05, 3.63) is 38.3 Å². The standard InChI is InChI=1S/C11H14BrN3O3.ClH/c1-7(13-2)6-14-11(16)9-4-3-8(15(17)18)5-10(9)12;/h3-5,7,13H,6H2,1-2H3,(H,14,16);1H. The summed E-state index contributed by atoms with van der Waals surface area (Å²) in [5, 5.41) is 16.3. The molecule has 0 aliphatic rings. The number of halogens is 2. The van der Waals surface area contributed by atoms with Crippen LogP contribution < -0.4 is 10.6 Å². The molecule has 0 spiro atoms. The molecule has 1 rings (SSSR count). The Bertz CT molecular complexity index is 470. The monoisotopic (exact) mass is 351 g/mol. The molecule has 0 bridgehead atoms. The van der Waals surface area contributed by atoms with Crippen LogP contribution in [0.5, 0.6) is 0 Å². The first kappa shape index (κ1) is 17.8. The molecule has 0 aliphatic carbocycles. The van der Waals surface area contributed by atoms with E-state index in [0.29, 0.717) is 16.6 Å². The number of carbonyl (C=O) groups excluding carboxylic acids is 1. The molecule has 0 heterocycles. The Morgan fingerprint density at radius 1 is 1.53 bits per heavy atom. The number of hydrogen-bond acceptors (Lipinski definition) is 4. The largest absolute Gasteiger partial charge is 0.350 e. The molecule has 0 aromatic heterocycles. The molecule has 1 atom stereocenters. The van der Waals surface area contributed by atoms with Crippen molar-refractivity contribution in [2.45, 2.75) is 13.0 Å². The zero-order valence-electron chi connectivity index (χ0n) is 10.5. The van der Waals surface area contributed by atoms with Crippen LogP contribution in [0.4, 0.5) is 5.69 Å². The fourth-order valence-electron chi connectivity index (χ4n) is 1.24. The summed E-state index contributed by atoms with van der Waals surface area (Å²) < 4.78 is 0.409. The number of nitrogens with one attached hydrogen (secondary N) is 2. The van der Waals surface area contributed by atoms with Gasteiger partial charge in [0.15, 0.2) is 0 Å². The van der Waals surface area contributed by atoms with Gasteiger partial charge in [0, 0.05) is 29.2 Å². The fraction of sp³-hybridized carbons (Fsp3) is 0.364. The molecule has 106 valence electrons. The summed E-state index contributed by atoms with van der Waals surface area (Å²) in [6.07, 6.45) is 0. The second-order valence-electron chi connectivity index (χ2n) is 3.82. The van der Waals surface area contributed by atoms with Crippen LogP contribution in [0.25, 0.3) is 0 Å². The molecule has 2 N–H and O–H groups in total. The lowest BCUT2D eigenvalue weighted by Crippen LogP contribution is -2.37.